The molecule has 5 nitrogen and oxygen atoms in total. The number of rotatable bonds is 6. The minimum absolute atomic E-state index is 0.228. The highest BCUT2D eigenvalue weighted by Crippen LogP contribution is 2.40. The number of carbonyl (C=O) groups excluding carboxylic acids is 2. The Hall–Kier alpha value is -0.883. The van der Waals surface area contributed by atoms with Gasteiger partial charge in [-0.2, -0.15) is 0 Å². The van der Waals surface area contributed by atoms with Crippen LogP contribution in [-0.2, 0) is 9.53 Å². The Balaban J connectivity index is 4.45. The summed E-state index contributed by atoms with van der Waals surface area (Å²) < 4.78 is 5.12. The maximum Gasteiger partial charge on any atom is 0.407 e. The van der Waals surface area contributed by atoms with Crippen LogP contribution in [0.25, 0.3) is 0 Å². The average molecular weight is 303 g/mol. The third kappa shape index (κ3) is 7.05. The fourth-order valence-corrected chi connectivity index (χ4v) is 2.36. The highest BCUT2D eigenvalue weighted by Gasteiger charge is 2.39. The molecule has 0 fully saturated rings. The second-order valence-electron chi connectivity index (χ2n) is 7.43. The van der Waals surface area contributed by atoms with Crippen molar-refractivity contribution in [2.75, 3.05) is 6.54 Å². The van der Waals surface area contributed by atoms with Crippen molar-refractivity contribution >= 4 is 20.7 Å². The molecule has 0 radical (unpaired) electrons. The zero-order valence-electron chi connectivity index (χ0n) is 13.7. The lowest BCUT2D eigenvalue weighted by atomic mass is 9.97. The van der Waals surface area contributed by atoms with Crippen LogP contribution in [0, 0.1) is 5.92 Å². The van der Waals surface area contributed by atoms with E-state index in [9.17, 15) is 14.4 Å². The Kier molecular flexibility index (Phi) is 6.42. The fraction of sp³-hybridized carbons (Fsp3) is 0.857. The van der Waals surface area contributed by atoms with E-state index in [1.165, 1.54) is 0 Å². The molecule has 0 spiro atoms. The first-order chi connectivity index (χ1) is 8.78. The van der Waals surface area contributed by atoms with Crippen LogP contribution in [0.4, 0.5) is 4.79 Å². The molecule has 0 aliphatic heterocycles. The molecule has 0 heterocycles. The lowest BCUT2D eigenvalue weighted by Crippen LogP contribution is -2.42. The van der Waals surface area contributed by atoms with E-state index in [1.807, 2.05) is 26.9 Å². The number of aldehydes is 1. The first-order valence-corrected chi connectivity index (χ1v) is 9.88. The molecular formula is C14H29NO4Si. The van der Waals surface area contributed by atoms with Gasteiger partial charge >= 0.3 is 6.09 Å². The monoisotopic (exact) mass is 303 g/mol. The van der Waals surface area contributed by atoms with Crippen molar-refractivity contribution in [3.8, 4) is 0 Å². The molecule has 0 bridgehead atoms. The Bertz CT molecular complexity index is 342. The predicted molar refractivity (Wildman–Crippen MR) is 82.1 cm³/mol. The Morgan fingerprint density at radius 1 is 1.30 bits per heavy atom. The minimum atomic E-state index is -2.36. The average Bonchev–Trinajstić information content (AvgIpc) is 2.19. The number of hydrogen-bond donors (Lipinski definition) is 2. The molecule has 0 aromatic carbocycles. The van der Waals surface area contributed by atoms with Gasteiger partial charge in [-0.3, -0.25) is 0 Å². The van der Waals surface area contributed by atoms with Gasteiger partial charge in [0.15, 0.2) is 8.32 Å². The van der Waals surface area contributed by atoms with E-state index in [2.05, 4.69) is 5.32 Å². The third-order valence-corrected chi connectivity index (χ3v) is 7.05. The zero-order chi connectivity index (χ0) is 16.2. The van der Waals surface area contributed by atoms with Crippen molar-refractivity contribution in [2.45, 2.75) is 64.8 Å². The van der Waals surface area contributed by atoms with Gasteiger partial charge in [-0.05, 0) is 45.3 Å². The number of carbonyl (C=O) groups is 2. The fourth-order valence-electron chi connectivity index (χ4n) is 1.60. The number of hydrogen-bond acceptors (Lipinski definition) is 4. The van der Waals surface area contributed by atoms with E-state index in [1.54, 1.807) is 20.8 Å². The lowest BCUT2D eigenvalue weighted by Gasteiger charge is -2.36. The van der Waals surface area contributed by atoms with E-state index in [-0.39, 0.29) is 17.5 Å². The molecule has 0 saturated carbocycles. The third-order valence-electron chi connectivity index (χ3n) is 3.53. The lowest BCUT2D eigenvalue weighted by molar-refractivity contribution is -0.111. The van der Waals surface area contributed by atoms with E-state index in [0.717, 1.165) is 6.29 Å². The summed E-state index contributed by atoms with van der Waals surface area (Å²) in [6.07, 6.45) is 0.851. The first kappa shape index (κ1) is 19.1. The number of nitrogens with one attached hydrogen (secondary N) is 1. The molecule has 0 saturated heterocycles. The van der Waals surface area contributed by atoms with Crippen LogP contribution in [0.5, 0.6) is 0 Å². The van der Waals surface area contributed by atoms with Crippen molar-refractivity contribution in [3.05, 3.63) is 0 Å². The van der Waals surface area contributed by atoms with Gasteiger partial charge in [0, 0.05) is 12.5 Å². The molecular weight excluding hydrogens is 274 g/mol. The van der Waals surface area contributed by atoms with E-state index < -0.39 is 20.0 Å². The molecule has 20 heavy (non-hydrogen) atoms. The van der Waals surface area contributed by atoms with Crippen molar-refractivity contribution in [3.63, 3.8) is 0 Å². The summed E-state index contributed by atoms with van der Waals surface area (Å²) in [5.41, 5.74) is -0.556. The largest absolute Gasteiger partial charge is 0.444 e. The van der Waals surface area contributed by atoms with Crippen molar-refractivity contribution in [1.82, 2.24) is 5.32 Å². The van der Waals surface area contributed by atoms with E-state index in [4.69, 9.17) is 4.74 Å². The van der Waals surface area contributed by atoms with Crippen LogP contribution in [0.1, 0.15) is 41.0 Å². The summed E-state index contributed by atoms with van der Waals surface area (Å²) in [5, 5.41) is 2.31. The number of amides is 1. The first-order valence-electron chi connectivity index (χ1n) is 6.93. The Morgan fingerprint density at radius 3 is 2.15 bits per heavy atom. The van der Waals surface area contributed by atoms with Gasteiger partial charge in [-0.15, -0.1) is 0 Å². The van der Waals surface area contributed by atoms with Crippen LogP contribution in [-0.4, -0.2) is 37.6 Å². The summed E-state index contributed by atoms with van der Waals surface area (Å²) in [6.45, 7) is 13.2. The molecule has 1 amide bonds. The SMILES string of the molecule is CC(C)(C)OC(=O)NCC(C=O)CC(C)(C)[Si](C)(C)O. The summed E-state index contributed by atoms with van der Waals surface area (Å²) in [4.78, 5) is 32.9. The van der Waals surface area contributed by atoms with Crippen LogP contribution in [0.3, 0.4) is 0 Å². The minimum Gasteiger partial charge on any atom is -0.444 e. The molecule has 2 N–H and O–H groups in total. The van der Waals surface area contributed by atoms with Gasteiger partial charge in [0.05, 0.1) is 0 Å². The molecule has 0 rings (SSSR count). The molecule has 118 valence electrons. The number of ether oxygens (including phenoxy) is 1. The van der Waals surface area contributed by atoms with Gasteiger partial charge in [0.2, 0.25) is 0 Å². The quantitative estimate of drug-likeness (QED) is 0.584. The summed E-state index contributed by atoms with van der Waals surface area (Å²) >= 11 is 0. The maximum absolute atomic E-state index is 11.6. The van der Waals surface area contributed by atoms with Crippen LogP contribution in [0.15, 0.2) is 0 Å². The Morgan fingerprint density at radius 2 is 1.80 bits per heavy atom. The van der Waals surface area contributed by atoms with Gasteiger partial charge in [0.25, 0.3) is 0 Å². The highest BCUT2D eigenvalue weighted by atomic mass is 28.4. The smallest absolute Gasteiger partial charge is 0.407 e. The summed E-state index contributed by atoms with van der Waals surface area (Å²) in [5.74, 6) is -0.323. The van der Waals surface area contributed by atoms with Gasteiger partial charge < -0.3 is 19.6 Å². The van der Waals surface area contributed by atoms with E-state index >= 15 is 0 Å². The second kappa shape index (κ2) is 6.71. The highest BCUT2D eigenvalue weighted by molar-refractivity contribution is 6.72. The van der Waals surface area contributed by atoms with Crippen molar-refractivity contribution < 1.29 is 19.1 Å². The normalized spacial score (nSPS) is 14.6. The van der Waals surface area contributed by atoms with E-state index in [0.29, 0.717) is 6.42 Å². The Labute approximate surface area is 123 Å². The number of alkyl carbamates (subject to hydrolysis) is 1. The van der Waals surface area contributed by atoms with Gasteiger partial charge in [0.1, 0.15) is 11.9 Å². The van der Waals surface area contributed by atoms with Gasteiger partial charge in [-0.25, -0.2) is 4.79 Å². The van der Waals surface area contributed by atoms with Crippen LogP contribution >= 0.6 is 0 Å². The summed E-state index contributed by atoms with van der Waals surface area (Å²) in [7, 11) is -2.36. The molecule has 0 aliphatic carbocycles. The standard InChI is InChI=1S/C14H29NO4Si/c1-13(2,3)19-12(17)15-9-11(10-16)8-14(4,5)20(6,7)18/h10-11,18H,8-9H2,1-7H3,(H,15,17). The second-order valence-corrected chi connectivity index (χ2v) is 11.9. The molecule has 0 aromatic heterocycles. The van der Waals surface area contributed by atoms with Crippen LogP contribution < -0.4 is 5.32 Å². The topological polar surface area (TPSA) is 75.6 Å². The van der Waals surface area contributed by atoms with Crippen molar-refractivity contribution in [2.24, 2.45) is 5.92 Å². The zero-order valence-corrected chi connectivity index (χ0v) is 14.7. The molecule has 6 heteroatoms. The summed E-state index contributed by atoms with van der Waals surface area (Å²) in [6, 6.07) is 0. The molecule has 1 atom stereocenters. The molecule has 0 aromatic rings. The van der Waals surface area contributed by atoms with Gasteiger partial charge in [-0.1, -0.05) is 13.8 Å². The molecule has 0 aliphatic rings. The van der Waals surface area contributed by atoms with Crippen molar-refractivity contribution in [1.29, 1.82) is 0 Å². The predicted octanol–water partition coefficient (Wildman–Crippen LogP) is 2.69. The van der Waals surface area contributed by atoms with Crippen LogP contribution in [0.2, 0.25) is 18.1 Å². The maximum atomic E-state index is 11.6. The molecule has 1 unspecified atom stereocenters.